The molecule has 0 saturated heterocycles. The van der Waals surface area contributed by atoms with E-state index in [1.807, 2.05) is 20.8 Å². The number of halogens is 1. The quantitative estimate of drug-likeness (QED) is 0.778. The number of hydrogen-bond donors (Lipinski definition) is 1. The summed E-state index contributed by atoms with van der Waals surface area (Å²) in [5.74, 6) is -0.130. The maximum absolute atomic E-state index is 13.1. The van der Waals surface area contributed by atoms with Gasteiger partial charge < -0.3 is 5.32 Å². The lowest BCUT2D eigenvalue weighted by Gasteiger charge is -2.26. The van der Waals surface area contributed by atoms with Crippen LogP contribution in [0.3, 0.4) is 0 Å². The second-order valence-electron chi connectivity index (χ2n) is 6.40. The van der Waals surface area contributed by atoms with E-state index in [4.69, 9.17) is 11.6 Å². The van der Waals surface area contributed by atoms with Crippen molar-refractivity contribution in [2.45, 2.75) is 31.7 Å². The number of nitrogens with zero attached hydrogens (tertiary/aromatic N) is 1. The van der Waals surface area contributed by atoms with Gasteiger partial charge in [0.25, 0.3) is 10.0 Å². The molecule has 1 atom stereocenters. The smallest absolute Gasteiger partial charge is 0.264 e. The van der Waals surface area contributed by atoms with Crippen LogP contribution in [0.1, 0.15) is 20.8 Å². The first-order chi connectivity index (χ1) is 12.2. The van der Waals surface area contributed by atoms with E-state index in [1.54, 1.807) is 36.4 Å². The molecule has 5 nitrogen and oxygen atoms in total. The minimum atomic E-state index is -3.91. The second-order valence-corrected chi connectivity index (χ2v) is 8.70. The Labute approximate surface area is 160 Å². The predicted molar refractivity (Wildman–Crippen MR) is 105 cm³/mol. The fourth-order valence-corrected chi connectivity index (χ4v) is 3.88. The monoisotopic (exact) mass is 394 g/mol. The van der Waals surface area contributed by atoms with Gasteiger partial charge in [-0.25, -0.2) is 8.42 Å². The molecule has 0 unspecified atom stereocenters. The minimum absolute atomic E-state index is 0.0665. The SMILES string of the molecule is CC(C)[C@H](C)NC(=O)CN(c1cccc(Cl)c1)S(=O)(=O)c1ccccc1. The van der Waals surface area contributed by atoms with Gasteiger partial charge in [-0.05, 0) is 43.2 Å². The highest BCUT2D eigenvalue weighted by atomic mass is 35.5. The summed E-state index contributed by atoms with van der Waals surface area (Å²) in [6.45, 7) is 5.54. The number of rotatable bonds is 7. The van der Waals surface area contributed by atoms with Crippen LogP contribution in [0.25, 0.3) is 0 Å². The molecule has 0 fully saturated rings. The zero-order chi connectivity index (χ0) is 19.3. The molecule has 0 heterocycles. The maximum Gasteiger partial charge on any atom is 0.264 e. The Kier molecular flexibility index (Phi) is 6.67. The van der Waals surface area contributed by atoms with Gasteiger partial charge in [0, 0.05) is 11.1 Å². The van der Waals surface area contributed by atoms with Gasteiger partial charge >= 0.3 is 0 Å². The van der Waals surface area contributed by atoms with Crippen LogP contribution in [-0.2, 0) is 14.8 Å². The van der Waals surface area contributed by atoms with Gasteiger partial charge in [0.05, 0.1) is 10.6 Å². The normalized spacial score (nSPS) is 12.7. The zero-order valence-corrected chi connectivity index (χ0v) is 16.6. The fraction of sp³-hybridized carbons (Fsp3) is 0.316. The van der Waals surface area contributed by atoms with Crippen molar-refractivity contribution in [3.05, 3.63) is 59.6 Å². The van der Waals surface area contributed by atoms with Crippen LogP contribution < -0.4 is 9.62 Å². The van der Waals surface area contributed by atoms with E-state index in [-0.39, 0.29) is 29.3 Å². The lowest BCUT2D eigenvalue weighted by molar-refractivity contribution is -0.120. The van der Waals surface area contributed by atoms with Gasteiger partial charge in [0.1, 0.15) is 6.54 Å². The van der Waals surface area contributed by atoms with Crippen LogP contribution in [0.5, 0.6) is 0 Å². The molecule has 0 spiro atoms. The van der Waals surface area contributed by atoms with Crippen molar-refractivity contribution >= 4 is 33.2 Å². The van der Waals surface area contributed by atoms with Crippen molar-refractivity contribution in [1.29, 1.82) is 0 Å². The molecule has 2 rings (SSSR count). The summed E-state index contributed by atoms with van der Waals surface area (Å²) in [5.41, 5.74) is 0.341. The van der Waals surface area contributed by atoms with Crippen LogP contribution in [0.15, 0.2) is 59.5 Å². The van der Waals surface area contributed by atoms with E-state index >= 15 is 0 Å². The summed E-state index contributed by atoms with van der Waals surface area (Å²) in [4.78, 5) is 12.6. The van der Waals surface area contributed by atoms with Gasteiger partial charge in [0.2, 0.25) is 5.91 Å². The van der Waals surface area contributed by atoms with Crippen molar-refractivity contribution in [3.63, 3.8) is 0 Å². The van der Waals surface area contributed by atoms with E-state index in [1.165, 1.54) is 18.2 Å². The van der Waals surface area contributed by atoms with E-state index in [2.05, 4.69) is 5.32 Å². The van der Waals surface area contributed by atoms with E-state index in [9.17, 15) is 13.2 Å². The number of sulfonamides is 1. The molecule has 0 aliphatic carbocycles. The molecule has 1 amide bonds. The number of carbonyl (C=O) groups excluding carboxylic acids is 1. The molecule has 140 valence electrons. The lowest BCUT2D eigenvalue weighted by atomic mass is 10.1. The highest BCUT2D eigenvalue weighted by Gasteiger charge is 2.27. The van der Waals surface area contributed by atoms with Crippen molar-refractivity contribution in [2.75, 3.05) is 10.8 Å². The first kappa shape index (κ1) is 20.3. The topological polar surface area (TPSA) is 66.5 Å². The third-order valence-corrected chi connectivity index (χ3v) is 6.13. The Morgan fingerprint density at radius 1 is 1.08 bits per heavy atom. The van der Waals surface area contributed by atoms with Gasteiger partial charge in [-0.2, -0.15) is 0 Å². The number of carbonyl (C=O) groups is 1. The Morgan fingerprint density at radius 2 is 1.73 bits per heavy atom. The van der Waals surface area contributed by atoms with Crippen LogP contribution in [0, 0.1) is 5.92 Å². The van der Waals surface area contributed by atoms with Crippen LogP contribution >= 0.6 is 11.6 Å². The second kappa shape index (κ2) is 8.56. The summed E-state index contributed by atoms with van der Waals surface area (Å²) in [6, 6.07) is 14.4. The Morgan fingerprint density at radius 3 is 2.31 bits per heavy atom. The highest BCUT2D eigenvalue weighted by molar-refractivity contribution is 7.92. The Hall–Kier alpha value is -2.05. The molecule has 26 heavy (non-hydrogen) atoms. The first-order valence-electron chi connectivity index (χ1n) is 8.34. The molecule has 7 heteroatoms. The lowest BCUT2D eigenvalue weighted by Crippen LogP contribution is -2.45. The van der Waals surface area contributed by atoms with Crippen molar-refractivity contribution in [3.8, 4) is 0 Å². The average molecular weight is 395 g/mol. The molecular formula is C19H23ClN2O3S. The average Bonchev–Trinajstić information content (AvgIpc) is 2.60. The molecular weight excluding hydrogens is 372 g/mol. The summed E-state index contributed by atoms with van der Waals surface area (Å²) in [6.07, 6.45) is 0. The molecule has 0 saturated carbocycles. The summed E-state index contributed by atoms with van der Waals surface area (Å²) >= 11 is 6.03. The third-order valence-electron chi connectivity index (χ3n) is 4.10. The Bertz CT molecular complexity index is 854. The first-order valence-corrected chi connectivity index (χ1v) is 10.2. The number of benzene rings is 2. The van der Waals surface area contributed by atoms with Crippen molar-refractivity contribution < 1.29 is 13.2 Å². The molecule has 2 aromatic carbocycles. The fourth-order valence-electron chi connectivity index (χ4n) is 2.26. The van der Waals surface area contributed by atoms with Gasteiger partial charge in [-0.15, -0.1) is 0 Å². The molecule has 0 radical (unpaired) electrons. The summed E-state index contributed by atoms with van der Waals surface area (Å²) < 4.78 is 27.3. The molecule has 0 aromatic heterocycles. The maximum atomic E-state index is 13.1. The van der Waals surface area contributed by atoms with Gasteiger partial charge in [-0.1, -0.05) is 49.7 Å². The highest BCUT2D eigenvalue weighted by Crippen LogP contribution is 2.26. The molecule has 0 aliphatic heterocycles. The zero-order valence-electron chi connectivity index (χ0n) is 15.0. The van der Waals surface area contributed by atoms with Crippen LogP contribution in [-0.4, -0.2) is 26.9 Å². The predicted octanol–water partition coefficient (Wildman–Crippen LogP) is 3.70. The molecule has 1 N–H and O–H groups in total. The number of nitrogens with one attached hydrogen (secondary N) is 1. The van der Waals surface area contributed by atoms with Gasteiger partial charge in [0.15, 0.2) is 0 Å². The third kappa shape index (κ3) is 4.99. The van der Waals surface area contributed by atoms with Crippen molar-refractivity contribution in [2.24, 2.45) is 5.92 Å². The molecule has 0 aliphatic rings. The summed E-state index contributed by atoms with van der Waals surface area (Å²) in [7, 11) is -3.91. The number of anilines is 1. The van der Waals surface area contributed by atoms with E-state index in [0.29, 0.717) is 10.7 Å². The number of amides is 1. The molecule has 0 bridgehead atoms. The van der Waals surface area contributed by atoms with Crippen LogP contribution in [0.4, 0.5) is 5.69 Å². The molecule has 2 aromatic rings. The van der Waals surface area contributed by atoms with E-state index < -0.39 is 10.0 Å². The largest absolute Gasteiger partial charge is 0.352 e. The van der Waals surface area contributed by atoms with Crippen molar-refractivity contribution in [1.82, 2.24) is 5.32 Å². The van der Waals surface area contributed by atoms with E-state index in [0.717, 1.165) is 4.31 Å². The summed E-state index contributed by atoms with van der Waals surface area (Å²) in [5, 5.41) is 3.23. The van der Waals surface area contributed by atoms with Crippen LogP contribution in [0.2, 0.25) is 5.02 Å². The standard InChI is InChI=1S/C19H23ClN2O3S/c1-14(2)15(3)21-19(23)13-22(17-9-7-8-16(20)12-17)26(24,25)18-10-5-4-6-11-18/h4-12,14-15H,13H2,1-3H3,(H,21,23)/t15-/m0/s1. The van der Waals surface area contributed by atoms with Gasteiger partial charge in [-0.3, -0.25) is 9.10 Å². The Balaban J connectivity index is 2.39. The number of hydrogen-bond acceptors (Lipinski definition) is 3. The minimum Gasteiger partial charge on any atom is -0.352 e.